The van der Waals surface area contributed by atoms with Crippen LogP contribution in [0.25, 0.3) is 0 Å². The zero-order valence-corrected chi connectivity index (χ0v) is 11.7. The molecule has 1 aliphatic heterocycles. The molecular weight excluding hydrogens is 244 g/mol. The summed E-state index contributed by atoms with van der Waals surface area (Å²) in [5, 5.41) is 8.78. The third-order valence-corrected chi connectivity index (χ3v) is 4.52. The van der Waals surface area contributed by atoms with Gasteiger partial charge in [-0.05, 0) is 31.6 Å². The van der Waals surface area contributed by atoms with Gasteiger partial charge in [-0.25, -0.2) is 4.79 Å². The first-order valence-electron chi connectivity index (χ1n) is 7.31. The van der Waals surface area contributed by atoms with Crippen LogP contribution in [0, 0.1) is 5.92 Å². The summed E-state index contributed by atoms with van der Waals surface area (Å²) in [5.74, 6) is -0.494. The molecule has 0 aromatic heterocycles. The summed E-state index contributed by atoms with van der Waals surface area (Å²) in [6, 6.07) is 0.532. The molecule has 0 bridgehead atoms. The van der Waals surface area contributed by atoms with Gasteiger partial charge in [-0.1, -0.05) is 12.8 Å². The molecule has 5 nitrogen and oxygen atoms in total. The van der Waals surface area contributed by atoms with E-state index < -0.39 is 5.97 Å². The molecule has 0 aromatic rings. The second-order valence-corrected chi connectivity index (χ2v) is 5.86. The Morgan fingerprint density at radius 3 is 2.26 bits per heavy atom. The Kier molecular flexibility index (Phi) is 4.66. The number of hydrogen-bond acceptors (Lipinski definition) is 2. The molecule has 19 heavy (non-hydrogen) atoms. The van der Waals surface area contributed by atoms with Gasteiger partial charge in [0.25, 0.3) is 0 Å². The normalized spacial score (nSPS) is 21.6. The van der Waals surface area contributed by atoms with Crippen LogP contribution < -0.4 is 0 Å². The van der Waals surface area contributed by atoms with E-state index in [1.165, 1.54) is 12.8 Å². The van der Waals surface area contributed by atoms with Crippen LogP contribution in [0.3, 0.4) is 0 Å². The number of rotatable bonds is 3. The lowest BCUT2D eigenvalue weighted by molar-refractivity contribution is -0.138. The number of urea groups is 1. The van der Waals surface area contributed by atoms with Crippen molar-refractivity contribution in [2.45, 2.75) is 51.0 Å². The van der Waals surface area contributed by atoms with Gasteiger partial charge in [0.1, 0.15) is 0 Å². The second kappa shape index (κ2) is 6.26. The first-order valence-corrected chi connectivity index (χ1v) is 7.31. The highest BCUT2D eigenvalue weighted by Crippen LogP contribution is 2.25. The monoisotopic (exact) mass is 268 g/mol. The van der Waals surface area contributed by atoms with E-state index in [9.17, 15) is 9.59 Å². The quantitative estimate of drug-likeness (QED) is 0.853. The Balaban J connectivity index is 1.80. The Morgan fingerprint density at radius 2 is 1.74 bits per heavy atom. The lowest BCUT2D eigenvalue weighted by Gasteiger charge is -2.36. The van der Waals surface area contributed by atoms with E-state index in [4.69, 9.17) is 5.11 Å². The molecule has 2 aliphatic rings. The third-order valence-electron chi connectivity index (χ3n) is 4.52. The molecule has 2 rings (SSSR count). The summed E-state index contributed by atoms with van der Waals surface area (Å²) in [7, 11) is 1.90. The zero-order chi connectivity index (χ0) is 13.8. The number of carboxylic acid groups (broad SMARTS) is 1. The molecule has 0 atom stereocenters. The number of likely N-dealkylation sites (tertiary alicyclic amines) is 1. The number of carbonyl (C=O) groups excluding carboxylic acids is 1. The lowest BCUT2D eigenvalue weighted by Crippen LogP contribution is -2.48. The molecule has 0 radical (unpaired) electrons. The summed E-state index contributed by atoms with van der Waals surface area (Å²) in [4.78, 5) is 26.8. The van der Waals surface area contributed by atoms with Crippen LogP contribution in [0.5, 0.6) is 0 Å². The molecular formula is C14H24N2O3. The van der Waals surface area contributed by atoms with Crippen molar-refractivity contribution in [1.82, 2.24) is 9.80 Å². The first-order chi connectivity index (χ1) is 9.08. The van der Waals surface area contributed by atoms with E-state index in [1.54, 1.807) is 0 Å². The van der Waals surface area contributed by atoms with Crippen molar-refractivity contribution in [2.75, 3.05) is 20.1 Å². The fourth-order valence-electron chi connectivity index (χ4n) is 3.25. The molecule has 0 aromatic carbocycles. The Labute approximate surface area is 114 Å². The Morgan fingerprint density at radius 1 is 1.16 bits per heavy atom. The van der Waals surface area contributed by atoms with E-state index in [-0.39, 0.29) is 18.4 Å². The molecule has 1 heterocycles. The minimum atomic E-state index is -0.729. The SMILES string of the molecule is CN(C(=O)N1CCC(CC(=O)O)CC1)C1CCCC1. The molecule has 1 saturated carbocycles. The topological polar surface area (TPSA) is 60.9 Å². The fraction of sp³-hybridized carbons (Fsp3) is 0.857. The minimum Gasteiger partial charge on any atom is -0.481 e. The van der Waals surface area contributed by atoms with Crippen LogP contribution in [0.15, 0.2) is 0 Å². The maximum absolute atomic E-state index is 12.3. The van der Waals surface area contributed by atoms with Crippen molar-refractivity contribution in [2.24, 2.45) is 5.92 Å². The number of piperidine rings is 1. The molecule has 5 heteroatoms. The van der Waals surface area contributed by atoms with Gasteiger partial charge in [-0.2, -0.15) is 0 Å². The average molecular weight is 268 g/mol. The second-order valence-electron chi connectivity index (χ2n) is 5.86. The van der Waals surface area contributed by atoms with Crippen molar-refractivity contribution in [3.63, 3.8) is 0 Å². The van der Waals surface area contributed by atoms with E-state index >= 15 is 0 Å². The van der Waals surface area contributed by atoms with Gasteiger partial charge in [0, 0.05) is 32.6 Å². The highest BCUT2D eigenvalue weighted by Gasteiger charge is 2.29. The van der Waals surface area contributed by atoms with Crippen molar-refractivity contribution < 1.29 is 14.7 Å². The molecule has 0 spiro atoms. The van der Waals surface area contributed by atoms with Gasteiger partial charge in [0.15, 0.2) is 0 Å². The van der Waals surface area contributed by atoms with Crippen LogP contribution in [0.2, 0.25) is 0 Å². The van der Waals surface area contributed by atoms with Crippen LogP contribution in [0.4, 0.5) is 4.79 Å². The van der Waals surface area contributed by atoms with E-state index in [0.29, 0.717) is 19.1 Å². The van der Waals surface area contributed by atoms with Crippen molar-refractivity contribution in [3.8, 4) is 0 Å². The van der Waals surface area contributed by atoms with Crippen LogP contribution in [-0.4, -0.2) is 53.1 Å². The molecule has 108 valence electrons. The Bertz CT molecular complexity index is 332. The van der Waals surface area contributed by atoms with Gasteiger partial charge < -0.3 is 14.9 Å². The van der Waals surface area contributed by atoms with E-state index in [0.717, 1.165) is 25.7 Å². The standard InChI is InChI=1S/C14H24N2O3/c1-15(12-4-2-3-5-12)14(19)16-8-6-11(7-9-16)10-13(17)18/h11-12H,2-10H2,1H3,(H,17,18). The van der Waals surface area contributed by atoms with Crippen molar-refractivity contribution in [3.05, 3.63) is 0 Å². The van der Waals surface area contributed by atoms with Gasteiger partial charge in [-0.3, -0.25) is 4.79 Å². The maximum atomic E-state index is 12.3. The van der Waals surface area contributed by atoms with Crippen molar-refractivity contribution in [1.29, 1.82) is 0 Å². The predicted molar refractivity (Wildman–Crippen MR) is 72.0 cm³/mol. The van der Waals surface area contributed by atoms with Crippen LogP contribution >= 0.6 is 0 Å². The molecule has 2 amide bonds. The summed E-state index contributed by atoms with van der Waals surface area (Å²) < 4.78 is 0. The number of carbonyl (C=O) groups is 2. The molecule has 1 aliphatic carbocycles. The molecule has 2 fully saturated rings. The largest absolute Gasteiger partial charge is 0.481 e. The molecule has 1 saturated heterocycles. The smallest absolute Gasteiger partial charge is 0.319 e. The van der Waals surface area contributed by atoms with Crippen molar-refractivity contribution >= 4 is 12.0 Å². The summed E-state index contributed by atoms with van der Waals surface area (Å²) in [6.45, 7) is 1.40. The number of amides is 2. The number of carboxylic acids is 1. The van der Waals surface area contributed by atoms with E-state index in [2.05, 4.69) is 0 Å². The van der Waals surface area contributed by atoms with Crippen LogP contribution in [0.1, 0.15) is 44.9 Å². The molecule has 0 unspecified atom stereocenters. The maximum Gasteiger partial charge on any atom is 0.319 e. The van der Waals surface area contributed by atoms with Gasteiger partial charge in [0.2, 0.25) is 0 Å². The third kappa shape index (κ3) is 3.61. The highest BCUT2D eigenvalue weighted by molar-refractivity contribution is 5.74. The average Bonchev–Trinajstić information content (AvgIpc) is 2.91. The van der Waals surface area contributed by atoms with Gasteiger partial charge in [-0.15, -0.1) is 0 Å². The number of nitrogens with zero attached hydrogens (tertiary/aromatic N) is 2. The van der Waals surface area contributed by atoms with Gasteiger partial charge in [0.05, 0.1) is 0 Å². The minimum absolute atomic E-state index is 0.126. The fourth-order valence-corrected chi connectivity index (χ4v) is 3.25. The zero-order valence-electron chi connectivity index (χ0n) is 11.7. The number of aliphatic carboxylic acids is 1. The summed E-state index contributed by atoms with van der Waals surface area (Å²) in [6.07, 6.45) is 6.56. The predicted octanol–water partition coefficient (Wildman–Crippen LogP) is 2.17. The number of hydrogen-bond donors (Lipinski definition) is 1. The Hall–Kier alpha value is -1.26. The first kappa shape index (κ1) is 14.2. The van der Waals surface area contributed by atoms with Crippen LogP contribution in [-0.2, 0) is 4.79 Å². The summed E-state index contributed by atoms with van der Waals surface area (Å²) >= 11 is 0. The lowest BCUT2D eigenvalue weighted by atomic mass is 9.94. The van der Waals surface area contributed by atoms with Gasteiger partial charge >= 0.3 is 12.0 Å². The summed E-state index contributed by atoms with van der Waals surface area (Å²) in [5.41, 5.74) is 0. The van der Waals surface area contributed by atoms with E-state index in [1.807, 2.05) is 16.8 Å². The highest BCUT2D eigenvalue weighted by atomic mass is 16.4. The molecule has 1 N–H and O–H groups in total.